The van der Waals surface area contributed by atoms with Gasteiger partial charge >= 0.3 is 0 Å². The maximum Gasteiger partial charge on any atom is 0.0702 e. The first-order valence-electron chi connectivity index (χ1n) is 2.39. The summed E-state index contributed by atoms with van der Waals surface area (Å²) in [7, 11) is 1.52. The first kappa shape index (κ1) is 7.36. The molecule has 0 aliphatic rings. The van der Waals surface area contributed by atoms with Gasteiger partial charge < -0.3 is 5.11 Å². The van der Waals surface area contributed by atoms with E-state index in [9.17, 15) is 4.91 Å². The predicted molar refractivity (Wildman–Crippen MR) is 30.1 cm³/mol. The summed E-state index contributed by atoms with van der Waals surface area (Å²) in [5, 5.41) is 12.1. The Morgan fingerprint density at radius 1 is 1.88 bits per heavy atom. The zero-order valence-corrected chi connectivity index (χ0v) is 5.03. The van der Waals surface area contributed by atoms with Crippen LogP contribution in [0.2, 0.25) is 0 Å². The third-order valence-electron chi connectivity index (χ3n) is 1.03. The van der Waals surface area contributed by atoms with Gasteiger partial charge in [0.15, 0.2) is 0 Å². The fourth-order valence-electron chi connectivity index (χ4n) is 0.199. The van der Waals surface area contributed by atoms with Gasteiger partial charge in [0.2, 0.25) is 0 Å². The van der Waals surface area contributed by atoms with Crippen LogP contribution in [0.1, 0.15) is 6.92 Å². The Bertz CT molecular complexity index is 76.4. The summed E-state index contributed by atoms with van der Waals surface area (Å²) in [5.74, 6) is 0. The van der Waals surface area contributed by atoms with Gasteiger partial charge in [-0.15, -0.1) is 4.91 Å². The van der Waals surface area contributed by atoms with Crippen LogP contribution >= 0.6 is 0 Å². The molecular weight excluding hydrogens is 108 g/mol. The summed E-state index contributed by atoms with van der Waals surface area (Å²) in [4.78, 5) is 9.67. The molecule has 0 fully saturated rings. The van der Waals surface area contributed by atoms with E-state index in [0.717, 1.165) is 0 Å². The summed E-state index contributed by atoms with van der Waals surface area (Å²) >= 11 is 0. The van der Waals surface area contributed by atoms with Crippen molar-refractivity contribution < 1.29 is 5.11 Å². The Balaban J connectivity index is 3.44. The van der Waals surface area contributed by atoms with Crippen LogP contribution in [0.15, 0.2) is 5.29 Å². The number of aliphatic hydroxyl groups excluding tert-OH is 1. The van der Waals surface area contributed by atoms with Crippen molar-refractivity contribution in [3.63, 3.8) is 0 Å². The largest absolute Gasteiger partial charge is 0.394 e. The quantitative estimate of drug-likeness (QED) is 0.418. The van der Waals surface area contributed by atoms with Crippen molar-refractivity contribution in [3.05, 3.63) is 4.91 Å². The van der Waals surface area contributed by atoms with E-state index in [1.807, 2.05) is 0 Å². The number of likely N-dealkylation sites (N-methyl/N-ethyl adjacent to an activating group) is 1. The molecule has 1 unspecified atom stereocenters. The minimum Gasteiger partial charge on any atom is -0.394 e. The van der Waals surface area contributed by atoms with Crippen LogP contribution < -0.4 is 0 Å². The lowest BCUT2D eigenvalue weighted by atomic mass is 10.4. The van der Waals surface area contributed by atoms with Crippen LogP contribution in [-0.2, 0) is 0 Å². The van der Waals surface area contributed by atoms with Crippen molar-refractivity contribution in [1.29, 1.82) is 0 Å². The summed E-state index contributed by atoms with van der Waals surface area (Å²) in [6.07, 6.45) is 0. The lowest BCUT2D eigenvalue weighted by Gasteiger charge is -2.13. The minimum atomic E-state index is -0.174. The van der Waals surface area contributed by atoms with E-state index >= 15 is 0 Å². The van der Waals surface area contributed by atoms with E-state index in [1.165, 1.54) is 12.1 Å². The molecule has 0 aromatic rings. The standard InChI is InChI=1S/C4H10N2O2/c1-4(3-7)6(2)5-8/h4,7H,3H2,1-2H3. The van der Waals surface area contributed by atoms with Crippen molar-refractivity contribution >= 4 is 0 Å². The van der Waals surface area contributed by atoms with Gasteiger partial charge in [0.25, 0.3) is 0 Å². The molecule has 0 bridgehead atoms. The van der Waals surface area contributed by atoms with Crippen LogP contribution in [0.5, 0.6) is 0 Å². The number of nitrogens with zero attached hydrogens (tertiary/aromatic N) is 2. The fraction of sp³-hybridized carbons (Fsp3) is 1.00. The van der Waals surface area contributed by atoms with Crippen molar-refractivity contribution in [3.8, 4) is 0 Å². The number of rotatable bonds is 3. The topological polar surface area (TPSA) is 52.9 Å². The maximum absolute atomic E-state index is 9.67. The van der Waals surface area contributed by atoms with Crippen LogP contribution in [-0.4, -0.2) is 29.8 Å². The number of aliphatic hydroxyl groups is 1. The summed E-state index contributed by atoms with van der Waals surface area (Å²) < 4.78 is 0. The first-order valence-corrected chi connectivity index (χ1v) is 2.39. The third-order valence-corrected chi connectivity index (χ3v) is 1.03. The van der Waals surface area contributed by atoms with E-state index in [4.69, 9.17) is 5.11 Å². The van der Waals surface area contributed by atoms with Gasteiger partial charge in [-0.1, -0.05) is 0 Å². The van der Waals surface area contributed by atoms with Crippen molar-refractivity contribution in [2.75, 3.05) is 13.7 Å². The Hall–Kier alpha value is -0.640. The van der Waals surface area contributed by atoms with Crippen molar-refractivity contribution in [2.45, 2.75) is 13.0 Å². The highest BCUT2D eigenvalue weighted by atomic mass is 16.3. The summed E-state index contributed by atoms with van der Waals surface area (Å²) in [5.41, 5.74) is 0. The molecule has 0 aliphatic carbocycles. The molecular formula is C4H10N2O2. The van der Waals surface area contributed by atoms with Gasteiger partial charge in [-0.3, -0.25) is 5.01 Å². The summed E-state index contributed by atoms with van der Waals surface area (Å²) in [6.45, 7) is 1.67. The van der Waals surface area contributed by atoms with Gasteiger partial charge in [0, 0.05) is 7.05 Å². The zero-order chi connectivity index (χ0) is 6.57. The highest BCUT2D eigenvalue weighted by Gasteiger charge is 2.03. The molecule has 0 radical (unpaired) electrons. The second-order valence-electron chi connectivity index (χ2n) is 1.69. The molecule has 0 rings (SSSR count). The van der Waals surface area contributed by atoms with Gasteiger partial charge in [0.1, 0.15) is 0 Å². The number of hydrogen-bond donors (Lipinski definition) is 1. The lowest BCUT2D eigenvalue weighted by Crippen LogP contribution is -2.26. The molecule has 0 saturated carbocycles. The second kappa shape index (κ2) is 3.37. The molecule has 4 nitrogen and oxygen atoms in total. The molecule has 1 N–H and O–H groups in total. The van der Waals surface area contributed by atoms with E-state index in [2.05, 4.69) is 5.29 Å². The number of hydrogen-bond acceptors (Lipinski definition) is 3. The predicted octanol–water partition coefficient (Wildman–Crippen LogP) is -0.0196. The summed E-state index contributed by atoms with van der Waals surface area (Å²) in [6, 6.07) is -0.174. The smallest absolute Gasteiger partial charge is 0.0702 e. The minimum absolute atomic E-state index is 0.0394. The average molecular weight is 118 g/mol. The fourth-order valence-corrected chi connectivity index (χ4v) is 0.199. The monoisotopic (exact) mass is 118 g/mol. The molecule has 0 saturated heterocycles. The SMILES string of the molecule is CC(CO)N(C)N=O. The molecule has 0 heterocycles. The highest BCUT2D eigenvalue weighted by molar-refractivity contribution is 4.54. The van der Waals surface area contributed by atoms with Gasteiger partial charge in [-0.25, -0.2) is 0 Å². The zero-order valence-electron chi connectivity index (χ0n) is 5.03. The Morgan fingerprint density at radius 3 is 2.50 bits per heavy atom. The second-order valence-corrected chi connectivity index (χ2v) is 1.69. The molecule has 8 heavy (non-hydrogen) atoms. The van der Waals surface area contributed by atoms with Crippen LogP contribution in [0, 0.1) is 4.91 Å². The Kier molecular flexibility index (Phi) is 3.10. The molecule has 0 aliphatic heterocycles. The average Bonchev–Trinajstić information content (AvgIpc) is 1.84. The van der Waals surface area contributed by atoms with Gasteiger partial charge in [-0.05, 0) is 6.92 Å². The van der Waals surface area contributed by atoms with Gasteiger partial charge in [0.05, 0.1) is 17.9 Å². The molecule has 0 aromatic heterocycles. The number of nitroso groups, excluding NO2 is 1. The Morgan fingerprint density at radius 2 is 2.38 bits per heavy atom. The van der Waals surface area contributed by atoms with E-state index in [-0.39, 0.29) is 12.6 Å². The first-order chi connectivity index (χ1) is 3.72. The molecule has 0 amide bonds. The highest BCUT2D eigenvalue weighted by Crippen LogP contribution is 1.91. The van der Waals surface area contributed by atoms with E-state index < -0.39 is 0 Å². The van der Waals surface area contributed by atoms with E-state index in [0.29, 0.717) is 0 Å². The Labute approximate surface area is 48.1 Å². The lowest BCUT2D eigenvalue weighted by molar-refractivity contribution is 0.162. The van der Waals surface area contributed by atoms with Crippen LogP contribution in [0.3, 0.4) is 0 Å². The maximum atomic E-state index is 9.67. The molecule has 4 heteroatoms. The molecule has 0 spiro atoms. The molecule has 1 atom stereocenters. The van der Waals surface area contributed by atoms with Crippen molar-refractivity contribution in [2.24, 2.45) is 5.29 Å². The van der Waals surface area contributed by atoms with Crippen LogP contribution in [0.4, 0.5) is 0 Å². The normalized spacial score (nSPS) is 12.9. The van der Waals surface area contributed by atoms with E-state index in [1.54, 1.807) is 6.92 Å². The van der Waals surface area contributed by atoms with Crippen LogP contribution in [0.25, 0.3) is 0 Å². The molecule has 0 aromatic carbocycles. The third kappa shape index (κ3) is 1.88. The van der Waals surface area contributed by atoms with Gasteiger partial charge in [-0.2, -0.15) is 0 Å². The molecule has 48 valence electrons. The van der Waals surface area contributed by atoms with Crippen molar-refractivity contribution in [1.82, 2.24) is 5.01 Å².